The van der Waals surface area contributed by atoms with Crippen molar-refractivity contribution in [2.24, 2.45) is 5.92 Å². The highest BCUT2D eigenvalue weighted by Crippen LogP contribution is 2.22. The number of hydrogen-bond donors (Lipinski definition) is 0. The van der Waals surface area contributed by atoms with Crippen molar-refractivity contribution in [3.63, 3.8) is 0 Å². The molecule has 0 aliphatic carbocycles. The molecule has 3 rings (SSSR count). The molecular weight excluding hydrogens is 362 g/mol. The van der Waals surface area contributed by atoms with Crippen molar-refractivity contribution >= 4 is 17.5 Å². The third kappa shape index (κ3) is 5.63. The number of Topliss-reactive ketones (excluding diaryl/α,β-unsaturated/α-hetero) is 2. The Morgan fingerprint density at radius 2 is 1.52 bits per heavy atom. The zero-order valence-electron chi connectivity index (χ0n) is 17.1. The van der Waals surface area contributed by atoms with Crippen LogP contribution in [0.15, 0.2) is 54.6 Å². The molecule has 1 fully saturated rings. The van der Waals surface area contributed by atoms with Gasteiger partial charge in [-0.25, -0.2) is 0 Å². The molecule has 4 nitrogen and oxygen atoms in total. The SMILES string of the molecule is CCCc1ccc(C(=O)CCC(=O)N2CCC(C(=O)c3ccccc3)CC2)cc1. The van der Waals surface area contributed by atoms with Crippen LogP contribution in [-0.2, 0) is 11.2 Å². The van der Waals surface area contributed by atoms with Gasteiger partial charge in [-0.05, 0) is 24.8 Å². The molecular formula is C25H29NO3. The Morgan fingerprint density at radius 1 is 0.862 bits per heavy atom. The first-order valence-electron chi connectivity index (χ1n) is 10.6. The van der Waals surface area contributed by atoms with Gasteiger partial charge in [0.15, 0.2) is 11.6 Å². The number of benzene rings is 2. The van der Waals surface area contributed by atoms with Gasteiger partial charge in [0.1, 0.15) is 0 Å². The van der Waals surface area contributed by atoms with Crippen LogP contribution in [-0.4, -0.2) is 35.5 Å². The van der Waals surface area contributed by atoms with Crippen molar-refractivity contribution in [1.82, 2.24) is 4.90 Å². The molecule has 0 spiro atoms. The van der Waals surface area contributed by atoms with Crippen LogP contribution >= 0.6 is 0 Å². The van der Waals surface area contributed by atoms with Crippen LogP contribution in [0.25, 0.3) is 0 Å². The summed E-state index contributed by atoms with van der Waals surface area (Å²) in [6.45, 7) is 3.30. The molecule has 1 amide bonds. The molecule has 4 heteroatoms. The second-order valence-electron chi connectivity index (χ2n) is 7.76. The molecule has 0 unspecified atom stereocenters. The topological polar surface area (TPSA) is 54.5 Å². The number of hydrogen-bond acceptors (Lipinski definition) is 3. The number of carbonyl (C=O) groups excluding carboxylic acids is 3. The van der Waals surface area contributed by atoms with Gasteiger partial charge in [-0.15, -0.1) is 0 Å². The molecule has 2 aromatic rings. The van der Waals surface area contributed by atoms with Crippen LogP contribution in [0, 0.1) is 5.92 Å². The first-order valence-corrected chi connectivity index (χ1v) is 10.6. The predicted octanol–water partition coefficient (Wildman–Crippen LogP) is 4.72. The number of aryl methyl sites for hydroxylation is 1. The first-order chi connectivity index (χ1) is 14.1. The van der Waals surface area contributed by atoms with E-state index in [0.29, 0.717) is 31.5 Å². The standard InChI is InChI=1S/C25H29NO3/c1-2-6-19-9-11-20(12-10-19)23(27)13-14-24(28)26-17-15-22(16-18-26)25(29)21-7-4-3-5-8-21/h3-5,7-12,22H,2,6,13-18H2,1H3. The smallest absolute Gasteiger partial charge is 0.223 e. The van der Waals surface area contributed by atoms with E-state index in [9.17, 15) is 14.4 Å². The van der Waals surface area contributed by atoms with Gasteiger partial charge in [0.25, 0.3) is 0 Å². The summed E-state index contributed by atoms with van der Waals surface area (Å²) in [5, 5.41) is 0. The fourth-order valence-corrected chi connectivity index (χ4v) is 3.90. The van der Waals surface area contributed by atoms with Gasteiger partial charge >= 0.3 is 0 Å². The molecule has 1 aliphatic heterocycles. The quantitative estimate of drug-likeness (QED) is 0.612. The van der Waals surface area contributed by atoms with Crippen LogP contribution in [0.1, 0.15) is 65.3 Å². The monoisotopic (exact) mass is 391 g/mol. The molecule has 152 valence electrons. The Morgan fingerprint density at radius 3 is 2.14 bits per heavy atom. The number of ketones is 2. The summed E-state index contributed by atoms with van der Waals surface area (Å²) in [7, 11) is 0. The van der Waals surface area contributed by atoms with Gasteiger partial charge in [-0.3, -0.25) is 14.4 Å². The number of piperidine rings is 1. The van der Waals surface area contributed by atoms with Gasteiger partial charge in [-0.2, -0.15) is 0 Å². The summed E-state index contributed by atoms with van der Waals surface area (Å²) in [4.78, 5) is 39.3. The lowest BCUT2D eigenvalue weighted by Crippen LogP contribution is -2.40. The summed E-state index contributed by atoms with van der Waals surface area (Å²) in [6, 6.07) is 17.1. The van der Waals surface area contributed by atoms with Crippen molar-refractivity contribution in [2.75, 3.05) is 13.1 Å². The van der Waals surface area contributed by atoms with Crippen molar-refractivity contribution in [1.29, 1.82) is 0 Å². The van der Waals surface area contributed by atoms with Crippen LogP contribution in [0.3, 0.4) is 0 Å². The lowest BCUT2D eigenvalue weighted by atomic mass is 9.88. The lowest BCUT2D eigenvalue weighted by molar-refractivity contribution is -0.132. The maximum Gasteiger partial charge on any atom is 0.223 e. The number of rotatable bonds is 8. The molecule has 0 N–H and O–H groups in total. The first kappa shape index (κ1) is 21.0. The molecule has 0 saturated carbocycles. The summed E-state index contributed by atoms with van der Waals surface area (Å²) in [5.74, 6) is 0.159. The Balaban J connectivity index is 1.45. The number of amides is 1. The van der Waals surface area contributed by atoms with Gasteiger partial charge < -0.3 is 4.90 Å². The highest BCUT2D eigenvalue weighted by molar-refractivity contribution is 5.99. The highest BCUT2D eigenvalue weighted by atomic mass is 16.2. The van der Waals surface area contributed by atoms with Crippen LogP contribution in [0.2, 0.25) is 0 Å². The molecule has 0 atom stereocenters. The Bertz CT molecular complexity index is 834. The second-order valence-corrected chi connectivity index (χ2v) is 7.76. The Kier molecular flexibility index (Phi) is 7.34. The van der Waals surface area contributed by atoms with Gasteiger partial charge in [0.2, 0.25) is 5.91 Å². The molecule has 0 bridgehead atoms. The third-order valence-corrected chi connectivity index (χ3v) is 5.66. The lowest BCUT2D eigenvalue weighted by Gasteiger charge is -2.31. The minimum atomic E-state index is -0.0234. The second kappa shape index (κ2) is 10.1. The zero-order valence-corrected chi connectivity index (χ0v) is 17.1. The molecule has 0 aromatic heterocycles. The molecule has 2 aromatic carbocycles. The van der Waals surface area contributed by atoms with Crippen LogP contribution in [0.5, 0.6) is 0 Å². The average Bonchev–Trinajstić information content (AvgIpc) is 2.78. The molecule has 1 saturated heterocycles. The normalized spacial score (nSPS) is 14.6. The maximum atomic E-state index is 12.6. The molecule has 1 heterocycles. The molecule has 1 aliphatic rings. The van der Waals surface area contributed by atoms with Crippen LogP contribution < -0.4 is 0 Å². The van der Waals surface area contributed by atoms with E-state index >= 15 is 0 Å². The summed E-state index contributed by atoms with van der Waals surface area (Å²) >= 11 is 0. The number of carbonyl (C=O) groups is 3. The van der Waals surface area contributed by atoms with E-state index in [0.717, 1.165) is 18.4 Å². The predicted molar refractivity (Wildman–Crippen MR) is 114 cm³/mol. The largest absolute Gasteiger partial charge is 0.343 e. The summed E-state index contributed by atoms with van der Waals surface area (Å²) in [5.41, 5.74) is 2.64. The average molecular weight is 392 g/mol. The zero-order chi connectivity index (χ0) is 20.6. The number of likely N-dealkylation sites (tertiary alicyclic amines) is 1. The summed E-state index contributed by atoms with van der Waals surface area (Å²) < 4.78 is 0. The Hall–Kier alpha value is -2.75. The maximum absolute atomic E-state index is 12.6. The van der Waals surface area contributed by atoms with Crippen molar-refractivity contribution in [3.8, 4) is 0 Å². The summed E-state index contributed by atoms with van der Waals surface area (Å²) in [6.07, 6.45) is 3.92. The minimum Gasteiger partial charge on any atom is -0.343 e. The minimum absolute atomic E-state index is 0.00608. The van der Waals surface area contributed by atoms with E-state index in [1.807, 2.05) is 54.6 Å². The molecule has 0 radical (unpaired) electrons. The van der Waals surface area contributed by atoms with E-state index in [4.69, 9.17) is 0 Å². The van der Waals surface area contributed by atoms with Crippen molar-refractivity contribution in [3.05, 3.63) is 71.3 Å². The number of nitrogens with zero attached hydrogens (tertiary/aromatic N) is 1. The fourth-order valence-electron chi connectivity index (χ4n) is 3.90. The van der Waals surface area contributed by atoms with Gasteiger partial charge in [-0.1, -0.05) is 67.9 Å². The van der Waals surface area contributed by atoms with Crippen molar-refractivity contribution < 1.29 is 14.4 Å². The van der Waals surface area contributed by atoms with E-state index in [1.54, 1.807) is 4.90 Å². The fraction of sp³-hybridized carbons (Fsp3) is 0.400. The van der Waals surface area contributed by atoms with Crippen molar-refractivity contribution in [2.45, 2.75) is 45.4 Å². The van der Waals surface area contributed by atoms with Gasteiger partial charge in [0.05, 0.1) is 0 Å². The highest BCUT2D eigenvalue weighted by Gasteiger charge is 2.27. The van der Waals surface area contributed by atoms with E-state index in [-0.39, 0.29) is 36.2 Å². The van der Waals surface area contributed by atoms with Gasteiger partial charge in [0, 0.05) is 43.0 Å². The van der Waals surface area contributed by atoms with Crippen LogP contribution in [0.4, 0.5) is 0 Å². The van der Waals surface area contributed by atoms with E-state index in [2.05, 4.69) is 6.92 Å². The Labute approximate surface area is 172 Å². The molecule has 29 heavy (non-hydrogen) atoms. The van der Waals surface area contributed by atoms with E-state index < -0.39 is 0 Å². The third-order valence-electron chi connectivity index (χ3n) is 5.66. The van der Waals surface area contributed by atoms with E-state index in [1.165, 1.54) is 5.56 Å².